The van der Waals surface area contributed by atoms with Crippen molar-refractivity contribution in [3.05, 3.63) is 33.8 Å². The zero-order chi connectivity index (χ0) is 17.0. The van der Waals surface area contributed by atoms with Gasteiger partial charge in [-0.1, -0.05) is 0 Å². The molecule has 1 amide bonds. The molecular formula is C14H18BrN5O3. The predicted molar refractivity (Wildman–Crippen MR) is 85.9 cm³/mol. The van der Waals surface area contributed by atoms with E-state index in [1.165, 1.54) is 10.7 Å². The molecule has 0 aromatic carbocycles. The standard InChI is InChI=1S/C14H18BrN5O3/c1-4-20-12(9(15)7-17-20)8-16-13(21)10-6-11(19(3)18-10)14(22)23-5-2/h6-7H,4-5,8H2,1-3H3,(H,16,21). The van der Waals surface area contributed by atoms with E-state index in [0.29, 0.717) is 13.1 Å². The summed E-state index contributed by atoms with van der Waals surface area (Å²) in [7, 11) is 1.59. The smallest absolute Gasteiger partial charge is 0.356 e. The summed E-state index contributed by atoms with van der Waals surface area (Å²) in [5.41, 5.74) is 1.26. The second-order valence-corrected chi connectivity index (χ2v) is 5.55. The van der Waals surface area contributed by atoms with E-state index in [4.69, 9.17) is 4.74 Å². The van der Waals surface area contributed by atoms with Gasteiger partial charge in [-0.2, -0.15) is 10.2 Å². The largest absolute Gasteiger partial charge is 0.461 e. The Balaban J connectivity index is 2.08. The molecule has 2 aromatic rings. The molecule has 0 bridgehead atoms. The molecule has 0 radical (unpaired) electrons. The monoisotopic (exact) mass is 383 g/mol. The maximum Gasteiger partial charge on any atom is 0.356 e. The Morgan fingerprint density at radius 1 is 1.39 bits per heavy atom. The molecule has 9 heteroatoms. The zero-order valence-corrected chi connectivity index (χ0v) is 14.8. The molecule has 0 saturated heterocycles. The minimum Gasteiger partial charge on any atom is -0.461 e. The summed E-state index contributed by atoms with van der Waals surface area (Å²) in [4.78, 5) is 24.0. The maximum atomic E-state index is 12.2. The molecule has 2 aromatic heterocycles. The molecule has 0 fully saturated rings. The molecule has 124 valence electrons. The number of amides is 1. The minimum atomic E-state index is -0.506. The number of rotatable bonds is 6. The molecular weight excluding hydrogens is 366 g/mol. The second-order valence-electron chi connectivity index (χ2n) is 4.70. The van der Waals surface area contributed by atoms with Crippen LogP contribution in [0.5, 0.6) is 0 Å². The lowest BCUT2D eigenvalue weighted by Crippen LogP contribution is -2.25. The van der Waals surface area contributed by atoms with Crippen molar-refractivity contribution in [2.75, 3.05) is 6.61 Å². The topological polar surface area (TPSA) is 91.0 Å². The predicted octanol–water partition coefficient (Wildman–Crippen LogP) is 1.51. The van der Waals surface area contributed by atoms with Gasteiger partial charge in [-0.3, -0.25) is 14.2 Å². The number of esters is 1. The summed E-state index contributed by atoms with van der Waals surface area (Å²) in [6.45, 7) is 4.96. The fraction of sp³-hybridized carbons (Fsp3) is 0.429. The molecule has 23 heavy (non-hydrogen) atoms. The van der Waals surface area contributed by atoms with Gasteiger partial charge >= 0.3 is 5.97 Å². The molecule has 8 nitrogen and oxygen atoms in total. The van der Waals surface area contributed by atoms with E-state index >= 15 is 0 Å². The van der Waals surface area contributed by atoms with Crippen LogP contribution in [0.2, 0.25) is 0 Å². The van der Waals surface area contributed by atoms with E-state index in [9.17, 15) is 9.59 Å². The number of hydrogen-bond donors (Lipinski definition) is 1. The van der Waals surface area contributed by atoms with Gasteiger partial charge in [0.1, 0.15) is 5.69 Å². The van der Waals surface area contributed by atoms with E-state index in [-0.39, 0.29) is 23.9 Å². The van der Waals surface area contributed by atoms with Crippen molar-refractivity contribution in [3.63, 3.8) is 0 Å². The van der Waals surface area contributed by atoms with Crippen LogP contribution in [-0.4, -0.2) is 38.0 Å². The van der Waals surface area contributed by atoms with E-state index in [2.05, 4.69) is 31.4 Å². The van der Waals surface area contributed by atoms with Gasteiger partial charge in [-0.05, 0) is 29.8 Å². The number of aromatic nitrogens is 4. The fourth-order valence-electron chi connectivity index (χ4n) is 2.06. The highest BCUT2D eigenvalue weighted by molar-refractivity contribution is 9.10. The number of ether oxygens (including phenoxy) is 1. The lowest BCUT2D eigenvalue weighted by molar-refractivity contribution is 0.0513. The van der Waals surface area contributed by atoms with Gasteiger partial charge in [0.2, 0.25) is 0 Å². The third-order valence-corrected chi connectivity index (χ3v) is 3.87. The molecule has 0 saturated carbocycles. The van der Waals surface area contributed by atoms with Crippen molar-refractivity contribution >= 4 is 27.8 Å². The Labute approximate surface area is 141 Å². The van der Waals surface area contributed by atoms with Gasteiger partial charge in [0.15, 0.2) is 5.69 Å². The van der Waals surface area contributed by atoms with Crippen LogP contribution in [-0.2, 0) is 24.9 Å². The van der Waals surface area contributed by atoms with Gasteiger partial charge in [0.05, 0.1) is 29.5 Å². The Morgan fingerprint density at radius 3 is 2.78 bits per heavy atom. The molecule has 2 heterocycles. The van der Waals surface area contributed by atoms with Gasteiger partial charge in [0.25, 0.3) is 5.91 Å². The van der Waals surface area contributed by atoms with Crippen LogP contribution in [0.1, 0.15) is 40.5 Å². The molecule has 0 aliphatic heterocycles. The van der Waals surface area contributed by atoms with E-state index in [1.807, 2.05) is 6.92 Å². The van der Waals surface area contributed by atoms with Crippen LogP contribution in [0.3, 0.4) is 0 Å². The third kappa shape index (κ3) is 3.79. The highest BCUT2D eigenvalue weighted by Gasteiger charge is 2.19. The Hall–Kier alpha value is -2.16. The van der Waals surface area contributed by atoms with E-state index in [0.717, 1.165) is 10.2 Å². The van der Waals surface area contributed by atoms with Crippen molar-refractivity contribution in [1.29, 1.82) is 0 Å². The van der Waals surface area contributed by atoms with Crippen molar-refractivity contribution in [2.45, 2.75) is 26.9 Å². The van der Waals surface area contributed by atoms with Crippen LogP contribution >= 0.6 is 15.9 Å². The molecule has 0 spiro atoms. The maximum absolute atomic E-state index is 12.2. The number of carbonyl (C=O) groups is 2. The van der Waals surface area contributed by atoms with Crippen LogP contribution in [0.25, 0.3) is 0 Å². The SMILES string of the molecule is CCOC(=O)c1cc(C(=O)NCc2c(Br)cnn2CC)nn1C. The summed E-state index contributed by atoms with van der Waals surface area (Å²) < 4.78 is 8.86. The first kappa shape index (κ1) is 17.2. The Morgan fingerprint density at radius 2 is 2.13 bits per heavy atom. The lowest BCUT2D eigenvalue weighted by Gasteiger charge is -2.06. The summed E-state index contributed by atoms with van der Waals surface area (Å²) in [5.74, 6) is -0.875. The minimum absolute atomic E-state index is 0.161. The lowest BCUT2D eigenvalue weighted by atomic mass is 10.3. The second kappa shape index (κ2) is 7.40. The van der Waals surface area contributed by atoms with Crippen molar-refractivity contribution in [2.24, 2.45) is 7.05 Å². The molecule has 0 aliphatic rings. The van der Waals surface area contributed by atoms with Crippen LogP contribution < -0.4 is 5.32 Å². The molecule has 1 N–H and O–H groups in total. The number of nitrogens with one attached hydrogen (secondary N) is 1. The van der Waals surface area contributed by atoms with Crippen molar-refractivity contribution in [3.8, 4) is 0 Å². The first-order valence-electron chi connectivity index (χ1n) is 7.17. The van der Waals surface area contributed by atoms with Crippen LogP contribution in [0.15, 0.2) is 16.7 Å². The van der Waals surface area contributed by atoms with Gasteiger partial charge in [0, 0.05) is 19.7 Å². The molecule has 0 aliphatic carbocycles. The van der Waals surface area contributed by atoms with Gasteiger partial charge < -0.3 is 10.1 Å². The molecule has 0 unspecified atom stereocenters. The summed E-state index contributed by atoms with van der Waals surface area (Å²) in [6, 6.07) is 1.42. The first-order valence-corrected chi connectivity index (χ1v) is 7.96. The number of carbonyl (C=O) groups excluding carboxylic acids is 2. The average Bonchev–Trinajstić information content (AvgIpc) is 3.08. The first-order chi connectivity index (χ1) is 11.0. The normalized spacial score (nSPS) is 10.6. The summed E-state index contributed by atoms with van der Waals surface area (Å²) in [6.07, 6.45) is 1.69. The Kier molecular flexibility index (Phi) is 5.54. The van der Waals surface area contributed by atoms with Crippen LogP contribution in [0, 0.1) is 0 Å². The van der Waals surface area contributed by atoms with Crippen molar-refractivity contribution in [1.82, 2.24) is 24.9 Å². The number of aryl methyl sites for hydroxylation is 2. The highest BCUT2D eigenvalue weighted by atomic mass is 79.9. The fourth-order valence-corrected chi connectivity index (χ4v) is 2.50. The number of hydrogen-bond acceptors (Lipinski definition) is 5. The summed E-state index contributed by atoms with van der Waals surface area (Å²) >= 11 is 3.40. The number of nitrogens with zero attached hydrogens (tertiary/aromatic N) is 4. The molecule has 0 atom stereocenters. The van der Waals surface area contributed by atoms with E-state index < -0.39 is 5.97 Å². The average molecular weight is 384 g/mol. The van der Waals surface area contributed by atoms with Gasteiger partial charge in [-0.15, -0.1) is 0 Å². The van der Waals surface area contributed by atoms with Crippen LogP contribution in [0.4, 0.5) is 0 Å². The quantitative estimate of drug-likeness (QED) is 0.763. The molecule has 2 rings (SSSR count). The zero-order valence-electron chi connectivity index (χ0n) is 13.2. The van der Waals surface area contributed by atoms with Crippen molar-refractivity contribution < 1.29 is 14.3 Å². The third-order valence-electron chi connectivity index (χ3n) is 3.21. The summed E-state index contributed by atoms with van der Waals surface area (Å²) in [5, 5.41) is 11.0. The number of halogens is 1. The highest BCUT2D eigenvalue weighted by Crippen LogP contribution is 2.16. The van der Waals surface area contributed by atoms with E-state index in [1.54, 1.807) is 24.9 Å². The Bertz CT molecular complexity index is 722. The van der Waals surface area contributed by atoms with Gasteiger partial charge in [-0.25, -0.2) is 4.79 Å².